The number of likely N-dealkylation sites (tertiary alicyclic amines) is 1. The number of amides is 2. The van der Waals surface area contributed by atoms with E-state index >= 15 is 0 Å². The van der Waals surface area contributed by atoms with Crippen molar-refractivity contribution in [3.8, 4) is 0 Å². The second-order valence-electron chi connectivity index (χ2n) is 8.89. The van der Waals surface area contributed by atoms with E-state index in [-0.39, 0.29) is 11.8 Å². The van der Waals surface area contributed by atoms with Gasteiger partial charge in [-0.3, -0.25) is 9.59 Å². The van der Waals surface area contributed by atoms with Gasteiger partial charge in [-0.15, -0.1) is 0 Å². The number of likely N-dealkylation sites (N-methyl/N-ethyl adjacent to an activating group) is 1. The van der Waals surface area contributed by atoms with Crippen LogP contribution < -0.4 is 9.80 Å². The number of carbonyl (C=O) groups excluding carboxylic acids is 2. The van der Waals surface area contributed by atoms with Crippen molar-refractivity contribution in [3.05, 3.63) is 65.9 Å². The van der Waals surface area contributed by atoms with E-state index in [1.807, 2.05) is 54.6 Å². The zero-order chi connectivity index (χ0) is 22.1. The zero-order valence-corrected chi connectivity index (χ0v) is 18.7. The van der Waals surface area contributed by atoms with E-state index in [0.29, 0.717) is 17.0 Å². The summed E-state index contributed by atoms with van der Waals surface area (Å²) in [6.45, 7) is 5.68. The molecule has 3 aliphatic heterocycles. The van der Waals surface area contributed by atoms with E-state index in [2.05, 4.69) is 21.7 Å². The van der Waals surface area contributed by atoms with Crippen LogP contribution >= 0.6 is 0 Å². The molecule has 3 aliphatic rings. The fraction of sp³-hybridized carbons (Fsp3) is 0.385. The number of imide groups is 1. The van der Waals surface area contributed by atoms with Crippen LogP contribution in [0.15, 0.2) is 60.3 Å². The van der Waals surface area contributed by atoms with Crippen LogP contribution in [0.1, 0.15) is 24.8 Å². The molecule has 2 amide bonds. The molecule has 0 saturated carbocycles. The maximum absolute atomic E-state index is 13.6. The summed E-state index contributed by atoms with van der Waals surface area (Å²) in [7, 11) is 2.14. The Hall–Kier alpha value is -3.12. The number of piperidine rings is 1. The van der Waals surface area contributed by atoms with Crippen LogP contribution in [-0.4, -0.2) is 67.9 Å². The Morgan fingerprint density at radius 1 is 0.625 bits per heavy atom. The van der Waals surface area contributed by atoms with Gasteiger partial charge in [0.25, 0.3) is 11.8 Å². The van der Waals surface area contributed by atoms with Crippen molar-refractivity contribution >= 4 is 28.8 Å². The summed E-state index contributed by atoms with van der Waals surface area (Å²) in [5.74, 6) is -0.433. The molecule has 2 fully saturated rings. The van der Waals surface area contributed by atoms with Gasteiger partial charge < -0.3 is 14.7 Å². The number of rotatable bonds is 4. The first kappa shape index (κ1) is 20.8. The maximum Gasteiger partial charge on any atom is 0.282 e. The Kier molecular flexibility index (Phi) is 5.70. The van der Waals surface area contributed by atoms with Gasteiger partial charge in [0.2, 0.25) is 0 Å². The van der Waals surface area contributed by atoms with Gasteiger partial charge in [-0.25, -0.2) is 4.90 Å². The van der Waals surface area contributed by atoms with Gasteiger partial charge in [0.1, 0.15) is 5.70 Å². The highest BCUT2D eigenvalue weighted by Crippen LogP contribution is 2.36. The van der Waals surface area contributed by atoms with Crippen molar-refractivity contribution in [2.45, 2.75) is 19.3 Å². The normalized spacial score (nSPS) is 20.5. The first-order chi connectivity index (χ1) is 15.6. The number of carbonyl (C=O) groups is 2. The summed E-state index contributed by atoms with van der Waals surface area (Å²) in [5.41, 5.74) is 3.67. The fourth-order valence-electron chi connectivity index (χ4n) is 4.91. The lowest BCUT2D eigenvalue weighted by Crippen LogP contribution is -2.44. The quantitative estimate of drug-likeness (QED) is 0.697. The van der Waals surface area contributed by atoms with Gasteiger partial charge in [0.15, 0.2) is 0 Å². The van der Waals surface area contributed by atoms with Crippen molar-refractivity contribution in [3.63, 3.8) is 0 Å². The van der Waals surface area contributed by atoms with E-state index in [9.17, 15) is 9.59 Å². The molecule has 3 heterocycles. The molecule has 0 bridgehead atoms. The largest absolute Gasteiger partial charge is 0.369 e. The number of nitrogens with zero attached hydrogens (tertiary/aromatic N) is 4. The highest BCUT2D eigenvalue weighted by Gasteiger charge is 2.42. The van der Waals surface area contributed by atoms with Gasteiger partial charge in [0, 0.05) is 45.0 Å². The Balaban J connectivity index is 1.46. The summed E-state index contributed by atoms with van der Waals surface area (Å²) in [4.78, 5) is 35.4. The minimum Gasteiger partial charge on any atom is -0.369 e. The van der Waals surface area contributed by atoms with Crippen LogP contribution in [0, 0.1) is 0 Å². The molecule has 0 aliphatic carbocycles. The molecule has 6 nitrogen and oxygen atoms in total. The first-order valence-electron chi connectivity index (χ1n) is 11.6. The van der Waals surface area contributed by atoms with E-state index in [0.717, 1.165) is 63.4 Å². The summed E-state index contributed by atoms with van der Waals surface area (Å²) < 4.78 is 0. The summed E-state index contributed by atoms with van der Waals surface area (Å²) in [6.07, 6.45) is 3.27. The fourth-order valence-corrected chi connectivity index (χ4v) is 4.91. The van der Waals surface area contributed by atoms with Crippen molar-refractivity contribution in [1.82, 2.24) is 9.80 Å². The molecule has 0 spiro atoms. The predicted octanol–water partition coefficient (Wildman–Crippen LogP) is 3.21. The average Bonchev–Trinajstić information content (AvgIpc) is 3.10. The number of benzene rings is 2. The molecule has 0 radical (unpaired) electrons. The topological polar surface area (TPSA) is 47.1 Å². The van der Waals surface area contributed by atoms with E-state index in [1.54, 1.807) is 0 Å². The lowest BCUT2D eigenvalue weighted by molar-refractivity contribution is -0.120. The molecular formula is C26H30N4O2. The Bertz CT molecular complexity index is 1020. The predicted molar refractivity (Wildman–Crippen MR) is 127 cm³/mol. The minimum atomic E-state index is -0.228. The zero-order valence-electron chi connectivity index (χ0n) is 18.7. The third kappa shape index (κ3) is 3.79. The maximum atomic E-state index is 13.6. The van der Waals surface area contributed by atoms with E-state index in [4.69, 9.17) is 0 Å². The molecule has 2 aromatic rings. The van der Waals surface area contributed by atoms with Crippen LogP contribution in [-0.2, 0) is 9.59 Å². The molecule has 166 valence electrons. The molecule has 0 aromatic heterocycles. The molecule has 2 aromatic carbocycles. The molecule has 32 heavy (non-hydrogen) atoms. The molecule has 0 N–H and O–H groups in total. The monoisotopic (exact) mass is 430 g/mol. The smallest absolute Gasteiger partial charge is 0.282 e. The van der Waals surface area contributed by atoms with Crippen LogP contribution in [0.2, 0.25) is 0 Å². The number of anilines is 2. The summed E-state index contributed by atoms with van der Waals surface area (Å²) in [5, 5.41) is 0. The molecular weight excluding hydrogens is 400 g/mol. The van der Waals surface area contributed by atoms with Gasteiger partial charge >= 0.3 is 0 Å². The van der Waals surface area contributed by atoms with Gasteiger partial charge in [-0.2, -0.15) is 0 Å². The van der Waals surface area contributed by atoms with E-state index < -0.39 is 0 Å². The second-order valence-corrected chi connectivity index (χ2v) is 8.89. The van der Waals surface area contributed by atoms with Crippen LogP contribution in [0.25, 0.3) is 5.57 Å². The third-order valence-electron chi connectivity index (χ3n) is 6.77. The molecule has 6 heteroatoms. The van der Waals surface area contributed by atoms with E-state index in [1.165, 1.54) is 11.3 Å². The molecule has 0 unspecified atom stereocenters. The van der Waals surface area contributed by atoms with Crippen LogP contribution in [0.4, 0.5) is 11.4 Å². The Morgan fingerprint density at radius 2 is 1.25 bits per heavy atom. The second kappa shape index (κ2) is 8.79. The lowest BCUT2D eigenvalue weighted by Gasteiger charge is -2.34. The van der Waals surface area contributed by atoms with Gasteiger partial charge in [0.05, 0.1) is 11.3 Å². The highest BCUT2D eigenvalue weighted by atomic mass is 16.2. The average molecular weight is 431 g/mol. The molecule has 0 atom stereocenters. The number of hydrogen-bond donors (Lipinski definition) is 0. The van der Waals surface area contributed by atoms with Gasteiger partial charge in [-0.05, 0) is 56.1 Å². The van der Waals surface area contributed by atoms with Gasteiger partial charge in [-0.1, -0.05) is 30.3 Å². The third-order valence-corrected chi connectivity index (χ3v) is 6.77. The standard InChI is InChI=1S/C26H30N4O2/c1-27-16-18-28(19-17-27)21-10-12-22(13-11-21)30-25(31)23(20-8-4-2-5-9-20)24(26(30)32)29-14-6-3-7-15-29/h2,4-5,8-13H,3,6-7,14-19H2,1H3. The van der Waals surface area contributed by atoms with Crippen molar-refractivity contribution in [2.24, 2.45) is 0 Å². The van der Waals surface area contributed by atoms with Crippen molar-refractivity contribution in [2.75, 3.05) is 56.1 Å². The van der Waals surface area contributed by atoms with Crippen LogP contribution in [0.3, 0.4) is 0 Å². The lowest BCUT2D eigenvalue weighted by atomic mass is 10.0. The molecule has 2 saturated heterocycles. The molecule has 5 rings (SSSR count). The first-order valence-corrected chi connectivity index (χ1v) is 11.6. The van der Waals surface area contributed by atoms with Crippen molar-refractivity contribution in [1.29, 1.82) is 0 Å². The Labute approximate surface area is 189 Å². The van der Waals surface area contributed by atoms with Crippen LogP contribution in [0.5, 0.6) is 0 Å². The SMILES string of the molecule is CN1CCN(c2ccc(N3C(=O)C(c4ccccc4)=C(N4CCCCC4)C3=O)cc2)CC1. The minimum absolute atomic E-state index is 0.205. The van der Waals surface area contributed by atoms with Crippen molar-refractivity contribution < 1.29 is 9.59 Å². The number of piperazine rings is 1. The highest BCUT2D eigenvalue weighted by molar-refractivity contribution is 6.45. The number of hydrogen-bond acceptors (Lipinski definition) is 5. The Morgan fingerprint density at radius 3 is 1.91 bits per heavy atom. The summed E-state index contributed by atoms with van der Waals surface area (Å²) >= 11 is 0. The summed E-state index contributed by atoms with van der Waals surface area (Å²) in [6, 6.07) is 17.5.